The number of benzene rings is 2. The molecule has 28 heavy (non-hydrogen) atoms. The van der Waals surface area contributed by atoms with Gasteiger partial charge in [-0.3, -0.25) is 9.59 Å². The topological polar surface area (TPSA) is 128 Å². The van der Waals surface area contributed by atoms with Crippen LogP contribution in [0.4, 0.5) is 0 Å². The van der Waals surface area contributed by atoms with E-state index in [0.717, 1.165) is 5.56 Å². The molecule has 2 amide bonds. The Bertz CT molecular complexity index is 927. The van der Waals surface area contributed by atoms with Crippen LogP contribution in [0.5, 0.6) is 5.75 Å². The molecule has 0 spiro atoms. The van der Waals surface area contributed by atoms with Crippen LogP contribution in [0.15, 0.2) is 53.4 Å². The minimum atomic E-state index is -3.71. The number of sulfonamides is 1. The van der Waals surface area contributed by atoms with Gasteiger partial charge in [0.25, 0.3) is 0 Å². The molecule has 4 N–H and O–H groups in total. The quantitative estimate of drug-likeness (QED) is 0.547. The van der Waals surface area contributed by atoms with Crippen LogP contribution in [0.2, 0.25) is 0 Å². The molecule has 0 heterocycles. The van der Waals surface area contributed by atoms with Crippen LogP contribution in [0.3, 0.4) is 0 Å². The third kappa shape index (κ3) is 6.36. The van der Waals surface area contributed by atoms with Crippen molar-refractivity contribution in [2.75, 3.05) is 13.2 Å². The van der Waals surface area contributed by atoms with Crippen LogP contribution >= 0.6 is 0 Å². The normalized spacial score (nSPS) is 11.0. The first-order valence-electron chi connectivity index (χ1n) is 8.70. The summed E-state index contributed by atoms with van der Waals surface area (Å²) in [6, 6.07) is 12.6. The third-order valence-electron chi connectivity index (χ3n) is 3.79. The van der Waals surface area contributed by atoms with E-state index in [1.54, 1.807) is 36.4 Å². The zero-order chi connectivity index (χ0) is 20.6. The molecule has 0 unspecified atom stereocenters. The highest BCUT2D eigenvalue weighted by Gasteiger charge is 2.14. The average molecular weight is 405 g/mol. The fourth-order valence-corrected chi connectivity index (χ4v) is 3.42. The van der Waals surface area contributed by atoms with Crippen molar-refractivity contribution in [2.45, 2.75) is 24.8 Å². The van der Waals surface area contributed by atoms with E-state index in [2.05, 4.69) is 10.0 Å². The molecule has 0 aliphatic heterocycles. The number of hydrogen-bond acceptors (Lipinski definition) is 5. The fraction of sp³-hybridized carbons (Fsp3) is 0.263. The molecule has 9 heteroatoms. The number of carbonyl (C=O) groups excluding carboxylic acids is 2. The van der Waals surface area contributed by atoms with Crippen molar-refractivity contribution in [2.24, 2.45) is 5.73 Å². The smallest absolute Gasteiger partial charge is 0.248 e. The van der Waals surface area contributed by atoms with Crippen molar-refractivity contribution < 1.29 is 22.7 Å². The molecule has 150 valence electrons. The molecule has 0 bridgehead atoms. The number of carbonyl (C=O) groups is 2. The Morgan fingerprint density at radius 1 is 1.11 bits per heavy atom. The minimum absolute atomic E-state index is 0.0221. The summed E-state index contributed by atoms with van der Waals surface area (Å²) >= 11 is 0. The first-order chi connectivity index (χ1) is 13.3. The molecule has 0 aliphatic rings. The standard InChI is InChI=1S/C19H23N3O5S/c1-2-27-16-6-8-17(9-7-16)28(25,26)22-11-10-18(23)21-13-14-4-3-5-15(12-14)19(20)24/h3-9,12,22H,2,10-11,13H2,1H3,(H2,20,24)(H,21,23). The number of rotatable bonds is 10. The summed E-state index contributed by atoms with van der Waals surface area (Å²) in [4.78, 5) is 23.2. The van der Waals surface area contributed by atoms with Crippen molar-refractivity contribution in [3.8, 4) is 5.75 Å². The molecular formula is C19H23N3O5S. The van der Waals surface area contributed by atoms with Crippen molar-refractivity contribution in [1.82, 2.24) is 10.0 Å². The van der Waals surface area contributed by atoms with Gasteiger partial charge in [-0.25, -0.2) is 13.1 Å². The predicted molar refractivity (Wildman–Crippen MR) is 104 cm³/mol. The van der Waals surface area contributed by atoms with Gasteiger partial charge in [0.1, 0.15) is 5.75 Å². The summed E-state index contributed by atoms with van der Waals surface area (Å²) in [7, 11) is -3.71. The summed E-state index contributed by atoms with van der Waals surface area (Å²) in [6.07, 6.45) is -0.0221. The van der Waals surface area contributed by atoms with E-state index in [0.29, 0.717) is 17.9 Å². The molecule has 0 aliphatic carbocycles. The zero-order valence-corrected chi connectivity index (χ0v) is 16.3. The molecule has 0 saturated carbocycles. The molecule has 2 rings (SSSR count). The van der Waals surface area contributed by atoms with E-state index in [9.17, 15) is 18.0 Å². The highest BCUT2D eigenvalue weighted by atomic mass is 32.2. The van der Waals surface area contributed by atoms with Crippen LogP contribution in [0, 0.1) is 0 Å². The van der Waals surface area contributed by atoms with Gasteiger partial charge in [-0.05, 0) is 48.9 Å². The highest BCUT2D eigenvalue weighted by molar-refractivity contribution is 7.89. The number of nitrogens with two attached hydrogens (primary N) is 1. The monoisotopic (exact) mass is 405 g/mol. The number of hydrogen-bond donors (Lipinski definition) is 3. The summed E-state index contributed by atoms with van der Waals surface area (Å²) in [5, 5.41) is 2.67. The minimum Gasteiger partial charge on any atom is -0.494 e. The summed E-state index contributed by atoms with van der Waals surface area (Å²) in [5.74, 6) is -0.281. The second kappa shape index (κ2) is 9.86. The lowest BCUT2D eigenvalue weighted by Crippen LogP contribution is -2.30. The SMILES string of the molecule is CCOc1ccc(S(=O)(=O)NCCC(=O)NCc2cccc(C(N)=O)c2)cc1. The van der Waals surface area contributed by atoms with E-state index in [1.807, 2.05) is 6.92 Å². The van der Waals surface area contributed by atoms with Crippen LogP contribution in [-0.2, 0) is 21.4 Å². The zero-order valence-electron chi connectivity index (χ0n) is 15.5. The van der Waals surface area contributed by atoms with Crippen LogP contribution in [-0.4, -0.2) is 33.4 Å². The Morgan fingerprint density at radius 3 is 2.46 bits per heavy atom. The van der Waals surface area contributed by atoms with Gasteiger partial charge in [-0.1, -0.05) is 12.1 Å². The summed E-state index contributed by atoms with van der Waals surface area (Å²) < 4.78 is 32.1. The fourth-order valence-electron chi connectivity index (χ4n) is 2.39. The Balaban J connectivity index is 1.81. The number of amides is 2. The Labute approximate surface area is 164 Å². The maximum Gasteiger partial charge on any atom is 0.248 e. The van der Waals surface area contributed by atoms with Gasteiger partial charge in [-0.2, -0.15) is 0 Å². The molecule has 2 aromatic carbocycles. The number of primary amides is 1. The molecule has 2 aromatic rings. The van der Waals surface area contributed by atoms with Gasteiger partial charge in [-0.15, -0.1) is 0 Å². The van der Waals surface area contributed by atoms with Crippen molar-refractivity contribution in [3.05, 3.63) is 59.7 Å². The molecule has 0 saturated heterocycles. The highest BCUT2D eigenvalue weighted by Crippen LogP contribution is 2.15. The lowest BCUT2D eigenvalue weighted by Gasteiger charge is -2.09. The van der Waals surface area contributed by atoms with Crippen molar-refractivity contribution >= 4 is 21.8 Å². The Kier molecular flexibility index (Phi) is 7.53. The summed E-state index contributed by atoms with van der Waals surface area (Å²) in [6.45, 7) is 2.51. The van der Waals surface area contributed by atoms with E-state index < -0.39 is 15.9 Å². The number of nitrogens with one attached hydrogen (secondary N) is 2. The van der Waals surface area contributed by atoms with Crippen molar-refractivity contribution in [1.29, 1.82) is 0 Å². The summed E-state index contributed by atoms with van der Waals surface area (Å²) in [5.41, 5.74) is 6.30. The third-order valence-corrected chi connectivity index (χ3v) is 5.27. The van der Waals surface area contributed by atoms with Gasteiger partial charge < -0.3 is 15.8 Å². The van der Waals surface area contributed by atoms with Crippen LogP contribution < -0.4 is 20.5 Å². The largest absolute Gasteiger partial charge is 0.494 e. The molecule has 0 atom stereocenters. The van der Waals surface area contributed by atoms with Gasteiger partial charge in [0.2, 0.25) is 21.8 Å². The van der Waals surface area contributed by atoms with Gasteiger partial charge in [0.15, 0.2) is 0 Å². The van der Waals surface area contributed by atoms with E-state index >= 15 is 0 Å². The Morgan fingerprint density at radius 2 is 1.82 bits per heavy atom. The first kappa shape index (κ1) is 21.4. The number of ether oxygens (including phenoxy) is 1. The lowest BCUT2D eigenvalue weighted by atomic mass is 10.1. The van der Waals surface area contributed by atoms with Gasteiger partial charge >= 0.3 is 0 Å². The van der Waals surface area contributed by atoms with Crippen LogP contribution in [0.25, 0.3) is 0 Å². The first-order valence-corrected chi connectivity index (χ1v) is 10.2. The van der Waals surface area contributed by atoms with E-state index in [4.69, 9.17) is 10.5 Å². The molecule has 0 aromatic heterocycles. The molecule has 0 fully saturated rings. The molecule has 8 nitrogen and oxygen atoms in total. The Hall–Kier alpha value is -2.91. The lowest BCUT2D eigenvalue weighted by molar-refractivity contribution is -0.121. The van der Waals surface area contributed by atoms with E-state index in [-0.39, 0.29) is 30.3 Å². The van der Waals surface area contributed by atoms with E-state index in [1.165, 1.54) is 12.1 Å². The second-order valence-electron chi connectivity index (χ2n) is 5.89. The predicted octanol–water partition coefficient (Wildman–Crippen LogP) is 1.17. The molecular weight excluding hydrogens is 382 g/mol. The van der Waals surface area contributed by atoms with Gasteiger partial charge in [0, 0.05) is 25.1 Å². The van der Waals surface area contributed by atoms with Crippen molar-refractivity contribution in [3.63, 3.8) is 0 Å². The van der Waals surface area contributed by atoms with Crippen LogP contribution in [0.1, 0.15) is 29.3 Å². The van der Waals surface area contributed by atoms with Gasteiger partial charge in [0.05, 0.1) is 11.5 Å². The average Bonchev–Trinajstić information content (AvgIpc) is 2.67. The molecule has 0 radical (unpaired) electrons. The second-order valence-corrected chi connectivity index (χ2v) is 7.66. The maximum atomic E-state index is 12.2. The maximum absolute atomic E-state index is 12.2.